The van der Waals surface area contributed by atoms with Crippen LogP contribution >= 0.6 is 0 Å². The van der Waals surface area contributed by atoms with Crippen LogP contribution in [0.25, 0.3) is 11.1 Å². The molecule has 3 rings (SSSR count). The zero-order chi connectivity index (χ0) is 13.4. The lowest BCUT2D eigenvalue weighted by Gasteiger charge is -2.19. The van der Waals surface area contributed by atoms with E-state index in [0.29, 0.717) is 11.1 Å². The van der Waals surface area contributed by atoms with Crippen LogP contribution in [0.4, 0.5) is 0 Å². The number of hydrogen-bond donors (Lipinski definition) is 2. The Balaban J connectivity index is 2.03. The summed E-state index contributed by atoms with van der Waals surface area (Å²) in [5, 5.41) is 9.47. The molecule has 5 nitrogen and oxygen atoms in total. The van der Waals surface area contributed by atoms with Crippen molar-refractivity contribution in [3.63, 3.8) is 0 Å². The van der Waals surface area contributed by atoms with Crippen molar-refractivity contribution in [1.29, 1.82) is 0 Å². The second kappa shape index (κ2) is 4.57. The zero-order valence-corrected chi connectivity index (χ0v) is 10.4. The van der Waals surface area contributed by atoms with Gasteiger partial charge in [-0.1, -0.05) is 18.9 Å². The normalized spacial score (nSPS) is 17.9. The summed E-state index contributed by atoms with van der Waals surface area (Å²) in [6.07, 6.45) is 4.10. The monoisotopic (exact) mass is 261 g/mol. The summed E-state index contributed by atoms with van der Waals surface area (Å²) in [5.74, 6) is -1.61. The molecule has 2 N–H and O–H groups in total. The van der Waals surface area contributed by atoms with Gasteiger partial charge in [-0.2, -0.15) is 0 Å². The van der Waals surface area contributed by atoms with Gasteiger partial charge in [0, 0.05) is 0 Å². The van der Waals surface area contributed by atoms with Gasteiger partial charge in [0.2, 0.25) is 0 Å². The number of aromatic nitrogens is 1. The molecular weight excluding hydrogens is 246 g/mol. The summed E-state index contributed by atoms with van der Waals surface area (Å²) in [6, 6.07) is 5.13. The number of H-pyrrole nitrogens is 1. The van der Waals surface area contributed by atoms with Gasteiger partial charge in [0.15, 0.2) is 5.58 Å². The van der Waals surface area contributed by atoms with Gasteiger partial charge in [0.1, 0.15) is 0 Å². The Morgan fingerprint density at radius 1 is 1.37 bits per heavy atom. The van der Waals surface area contributed by atoms with Crippen LogP contribution in [0.1, 0.15) is 37.2 Å². The number of aliphatic carboxylic acids is 1. The van der Waals surface area contributed by atoms with E-state index >= 15 is 0 Å². The molecule has 1 unspecified atom stereocenters. The highest BCUT2D eigenvalue weighted by atomic mass is 16.4. The van der Waals surface area contributed by atoms with Crippen molar-refractivity contribution in [3.8, 4) is 0 Å². The van der Waals surface area contributed by atoms with E-state index < -0.39 is 17.6 Å². The molecule has 1 aromatic heterocycles. The number of rotatable bonds is 3. The third-order valence-electron chi connectivity index (χ3n) is 3.94. The molecule has 2 aromatic rings. The Hall–Kier alpha value is -2.04. The summed E-state index contributed by atoms with van der Waals surface area (Å²) in [6.45, 7) is 0. The van der Waals surface area contributed by atoms with Crippen molar-refractivity contribution in [3.05, 3.63) is 34.3 Å². The molecule has 1 fully saturated rings. The lowest BCUT2D eigenvalue weighted by atomic mass is 9.85. The van der Waals surface area contributed by atoms with Gasteiger partial charge < -0.3 is 9.52 Å². The minimum absolute atomic E-state index is 0.188. The molecule has 1 atom stereocenters. The van der Waals surface area contributed by atoms with Gasteiger partial charge in [-0.3, -0.25) is 9.78 Å². The van der Waals surface area contributed by atoms with Gasteiger partial charge in [-0.25, -0.2) is 4.79 Å². The molecule has 1 aromatic carbocycles. The number of benzene rings is 1. The van der Waals surface area contributed by atoms with Crippen molar-refractivity contribution in [2.75, 3.05) is 0 Å². The summed E-state index contributed by atoms with van der Waals surface area (Å²) < 4.78 is 4.93. The number of nitrogens with one attached hydrogen (secondary N) is 1. The topological polar surface area (TPSA) is 83.3 Å². The smallest absolute Gasteiger partial charge is 0.417 e. The highest BCUT2D eigenvalue weighted by Gasteiger charge is 2.32. The quantitative estimate of drug-likeness (QED) is 0.889. The van der Waals surface area contributed by atoms with Crippen molar-refractivity contribution in [2.45, 2.75) is 31.6 Å². The predicted molar refractivity (Wildman–Crippen MR) is 69.2 cm³/mol. The number of aromatic amines is 1. The summed E-state index contributed by atoms with van der Waals surface area (Å²) in [4.78, 5) is 25.2. The van der Waals surface area contributed by atoms with Crippen LogP contribution in [0.5, 0.6) is 0 Å². The number of carbonyl (C=O) groups is 1. The largest absolute Gasteiger partial charge is 0.481 e. The average Bonchev–Trinajstić information content (AvgIpc) is 2.96. The van der Waals surface area contributed by atoms with Crippen molar-refractivity contribution in [2.24, 2.45) is 5.92 Å². The number of carboxylic acids is 1. The molecule has 1 saturated carbocycles. The van der Waals surface area contributed by atoms with E-state index in [9.17, 15) is 14.7 Å². The van der Waals surface area contributed by atoms with Crippen molar-refractivity contribution in [1.82, 2.24) is 4.98 Å². The Kier molecular flexibility index (Phi) is 2.89. The molecule has 100 valence electrons. The summed E-state index contributed by atoms with van der Waals surface area (Å²) in [7, 11) is 0. The summed E-state index contributed by atoms with van der Waals surface area (Å²) >= 11 is 0. The highest BCUT2D eigenvalue weighted by molar-refractivity contribution is 5.80. The van der Waals surface area contributed by atoms with Gasteiger partial charge in [-0.15, -0.1) is 0 Å². The van der Waals surface area contributed by atoms with Crippen LogP contribution < -0.4 is 5.76 Å². The Bertz CT molecular complexity index is 663. The molecule has 0 bridgehead atoms. The predicted octanol–water partition coefficient (Wildman–Crippen LogP) is 2.48. The van der Waals surface area contributed by atoms with Crippen LogP contribution in [-0.2, 0) is 4.79 Å². The Labute approximate surface area is 109 Å². The third kappa shape index (κ3) is 2.16. The molecule has 1 aliphatic carbocycles. The minimum Gasteiger partial charge on any atom is -0.481 e. The van der Waals surface area contributed by atoms with E-state index in [-0.39, 0.29) is 5.92 Å². The molecule has 0 radical (unpaired) electrons. The molecule has 1 aliphatic rings. The van der Waals surface area contributed by atoms with Gasteiger partial charge in [-0.05, 0) is 36.5 Å². The summed E-state index contributed by atoms with van der Waals surface area (Å²) in [5.41, 5.74) is 1.76. The van der Waals surface area contributed by atoms with Crippen LogP contribution in [0, 0.1) is 5.92 Å². The average molecular weight is 261 g/mol. The fourth-order valence-corrected chi connectivity index (χ4v) is 3.07. The SMILES string of the molecule is O=C(O)C(c1ccc2oc(=O)[nH]c2c1)C1CCCC1. The van der Waals surface area contributed by atoms with E-state index in [0.717, 1.165) is 31.2 Å². The first-order chi connectivity index (χ1) is 9.15. The fraction of sp³-hybridized carbons (Fsp3) is 0.429. The zero-order valence-electron chi connectivity index (χ0n) is 10.4. The molecular formula is C14H15NO4. The van der Waals surface area contributed by atoms with Crippen molar-refractivity contribution < 1.29 is 14.3 Å². The first kappa shape index (κ1) is 12.0. The number of hydrogen-bond acceptors (Lipinski definition) is 3. The number of oxazole rings is 1. The van der Waals surface area contributed by atoms with E-state index in [4.69, 9.17) is 4.42 Å². The maximum Gasteiger partial charge on any atom is 0.417 e. The molecule has 1 heterocycles. The van der Waals surface area contributed by atoms with Crippen molar-refractivity contribution >= 4 is 17.1 Å². The minimum atomic E-state index is -0.794. The van der Waals surface area contributed by atoms with E-state index in [1.165, 1.54) is 0 Å². The van der Waals surface area contributed by atoms with E-state index in [1.807, 2.05) is 0 Å². The van der Waals surface area contributed by atoms with E-state index in [2.05, 4.69) is 4.98 Å². The lowest BCUT2D eigenvalue weighted by molar-refractivity contribution is -0.140. The maximum atomic E-state index is 11.5. The first-order valence-corrected chi connectivity index (χ1v) is 6.51. The molecule has 0 saturated heterocycles. The van der Waals surface area contributed by atoms with E-state index in [1.54, 1.807) is 18.2 Å². The second-order valence-electron chi connectivity index (χ2n) is 5.13. The molecule has 0 aliphatic heterocycles. The number of carboxylic acid groups (broad SMARTS) is 1. The third-order valence-corrected chi connectivity index (χ3v) is 3.94. The maximum absolute atomic E-state index is 11.5. The molecule has 19 heavy (non-hydrogen) atoms. The lowest BCUT2D eigenvalue weighted by Crippen LogP contribution is -2.19. The van der Waals surface area contributed by atoms with Gasteiger partial charge in [0.05, 0.1) is 11.4 Å². The first-order valence-electron chi connectivity index (χ1n) is 6.51. The van der Waals surface area contributed by atoms with Crippen LogP contribution in [0.3, 0.4) is 0 Å². The number of fused-ring (bicyclic) bond motifs is 1. The van der Waals surface area contributed by atoms with Crippen LogP contribution in [0.2, 0.25) is 0 Å². The highest BCUT2D eigenvalue weighted by Crippen LogP contribution is 2.38. The molecule has 0 amide bonds. The van der Waals surface area contributed by atoms with Gasteiger partial charge >= 0.3 is 11.7 Å². The Morgan fingerprint density at radius 2 is 2.11 bits per heavy atom. The Morgan fingerprint density at radius 3 is 2.79 bits per heavy atom. The molecule has 5 heteroatoms. The van der Waals surface area contributed by atoms with Gasteiger partial charge in [0.25, 0.3) is 0 Å². The van der Waals surface area contributed by atoms with Crippen LogP contribution in [-0.4, -0.2) is 16.1 Å². The van der Waals surface area contributed by atoms with Crippen LogP contribution in [0.15, 0.2) is 27.4 Å². The molecule has 0 spiro atoms. The standard InChI is InChI=1S/C14H15NO4/c16-13(17)12(8-3-1-2-4-8)9-5-6-11-10(7-9)15-14(18)19-11/h5-8,12H,1-4H2,(H,15,18)(H,16,17). The fourth-order valence-electron chi connectivity index (χ4n) is 3.07. The second-order valence-corrected chi connectivity index (χ2v) is 5.13.